The molecule has 18 nitrogen and oxygen atoms in total. The minimum Gasteiger partial charge on any atom is -0.489 e. The first-order chi connectivity index (χ1) is 44.4. The third kappa shape index (κ3) is 13.8. The standard InChI is InChI=1S/C35H39F3N4O5S.C32H33F3N4O5S/c1-18(2)41(17-26-30(40-47-32(26)20-9-10-20)25-7-5-6-8-27(25)46-35(36,37)38)24-15-22-11-12-23(16-24)42(22)34-39-31-28(45-19(3)4)13-21(33(43)44)14-29(31)48-34;1-16(2)42-25-11-18(30(40)41)12-26-28(25)37-31(45-26)39-20-9-10-21(39)14-19(13-20)36-15-23-27(38-44-29(23)17-7-8-17)22-5-3-4-6-24(22)43-32(33,34)35/h5-8,13-14,18-20,22-24H,9-12,15-17H2,1-4H3,(H,43,44);3-6,11-12,16-17,19-21,36H,7-10,13-15H2,1-2H3,(H,40,41). The Bertz CT molecular complexity index is 4040. The highest BCUT2D eigenvalue weighted by Gasteiger charge is 2.47. The Labute approximate surface area is 540 Å². The molecule has 0 amide bonds. The van der Waals surface area contributed by atoms with Gasteiger partial charge in [0.1, 0.15) is 56.9 Å². The zero-order chi connectivity index (χ0) is 65.4. The molecule has 4 bridgehead atoms. The van der Waals surface area contributed by atoms with Gasteiger partial charge in [-0.3, -0.25) is 4.90 Å². The molecule has 4 aliphatic heterocycles. The molecule has 6 fully saturated rings. The molecule has 4 unspecified atom stereocenters. The molecule has 93 heavy (non-hydrogen) atoms. The van der Waals surface area contributed by atoms with Crippen LogP contribution in [-0.4, -0.2) is 115 Å². The van der Waals surface area contributed by atoms with Crippen molar-refractivity contribution in [1.29, 1.82) is 0 Å². The lowest BCUT2D eigenvalue weighted by atomic mass is 9.94. The Morgan fingerprint density at radius 3 is 1.43 bits per heavy atom. The monoisotopic (exact) mass is 1330 g/mol. The van der Waals surface area contributed by atoms with E-state index in [0.29, 0.717) is 47.0 Å². The molecular weight excluding hydrogens is 1250 g/mol. The van der Waals surface area contributed by atoms with Crippen LogP contribution in [-0.2, 0) is 13.1 Å². The average Bonchev–Trinajstić information content (AvgIpc) is 1.63. The number of aromatic nitrogens is 4. The number of benzene rings is 4. The number of carboxylic acids is 2. The van der Waals surface area contributed by atoms with Gasteiger partial charge in [-0.05, 0) is 167 Å². The lowest BCUT2D eigenvalue weighted by Gasteiger charge is -2.44. The maximum atomic E-state index is 13.3. The largest absolute Gasteiger partial charge is 0.573 e. The van der Waals surface area contributed by atoms with E-state index >= 15 is 0 Å². The van der Waals surface area contributed by atoms with Crippen molar-refractivity contribution >= 4 is 65.3 Å². The summed E-state index contributed by atoms with van der Waals surface area (Å²) in [6.07, 6.45) is 1.55. The molecule has 14 rings (SSSR count). The second kappa shape index (κ2) is 25.6. The van der Waals surface area contributed by atoms with Crippen molar-refractivity contribution in [3.63, 3.8) is 0 Å². The Morgan fingerprint density at radius 2 is 1.02 bits per heavy atom. The molecule has 6 aliphatic rings. The lowest BCUT2D eigenvalue weighted by molar-refractivity contribution is -0.275. The molecule has 0 spiro atoms. The van der Waals surface area contributed by atoms with E-state index in [9.17, 15) is 46.1 Å². The zero-order valence-corrected chi connectivity index (χ0v) is 53.7. The van der Waals surface area contributed by atoms with Gasteiger partial charge in [0, 0.05) is 89.5 Å². The topological polar surface area (TPSA) is 211 Å². The number of para-hydroxylation sites is 2. The Balaban J connectivity index is 0.000000170. The van der Waals surface area contributed by atoms with Crippen molar-refractivity contribution < 1.29 is 74.1 Å². The van der Waals surface area contributed by atoms with Crippen molar-refractivity contribution in [1.82, 2.24) is 30.5 Å². The number of nitrogens with zero attached hydrogens (tertiary/aromatic N) is 7. The SMILES string of the molecule is CC(C)Oc1cc(C(=O)O)cc2sc(N3C4CCC3CC(N(Cc3c(-c5ccccc5OC(F)(F)F)noc3C3CC3)C(C)C)C4)nc12.CC(C)Oc1cc(C(=O)O)cc2sc(N3C4CCC3CC(NCc3c(-c5ccccc5OC(F)(F)F)noc3C3CC3)C4)nc12. The summed E-state index contributed by atoms with van der Waals surface area (Å²) >= 11 is 3.00. The number of alkyl halides is 6. The van der Waals surface area contributed by atoms with Crippen molar-refractivity contribution in [2.45, 2.75) is 211 Å². The van der Waals surface area contributed by atoms with E-state index in [1.807, 2.05) is 27.7 Å². The van der Waals surface area contributed by atoms with Crippen LogP contribution >= 0.6 is 22.7 Å². The Kier molecular flexibility index (Phi) is 17.6. The summed E-state index contributed by atoms with van der Waals surface area (Å²) in [5, 5.41) is 33.4. The van der Waals surface area contributed by atoms with E-state index in [1.54, 1.807) is 48.5 Å². The molecular formula is C67H72F6N8O10S2. The second-order valence-corrected chi connectivity index (χ2v) is 28.0. The van der Waals surface area contributed by atoms with Crippen molar-refractivity contribution in [2.75, 3.05) is 9.80 Å². The highest BCUT2D eigenvalue weighted by Crippen LogP contribution is 2.51. The minimum atomic E-state index is -4.83. The first-order valence-corrected chi connectivity index (χ1v) is 33.4. The number of hydrogen-bond donors (Lipinski definition) is 3. The number of fused-ring (bicyclic) bond motifs is 6. The van der Waals surface area contributed by atoms with Gasteiger partial charge in [0.05, 0.1) is 32.7 Å². The summed E-state index contributed by atoms with van der Waals surface area (Å²) in [5.74, 6) is 0.271. The molecule has 4 aromatic heterocycles. The quantitative estimate of drug-likeness (QED) is 0.0571. The van der Waals surface area contributed by atoms with E-state index in [1.165, 1.54) is 46.9 Å². The predicted octanol–water partition coefficient (Wildman–Crippen LogP) is 16.1. The fourth-order valence-electron chi connectivity index (χ4n) is 14.2. The zero-order valence-electron chi connectivity index (χ0n) is 52.1. The van der Waals surface area contributed by atoms with Crippen molar-refractivity contribution in [2.24, 2.45) is 0 Å². The number of piperidine rings is 2. The molecule has 26 heteroatoms. The van der Waals surface area contributed by atoms with Crippen LogP contribution in [0.4, 0.5) is 36.6 Å². The summed E-state index contributed by atoms with van der Waals surface area (Å²) in [4.78, 5) is 40.9. The highest BCUT2D eigenvalue weighted by atomic mass is 32.1. The van der Waals surface area contributed by atoms with Crippen LogP contribution in [0.3, 0.4) is 0 Å². The van der Waals surface area contributed by atoms with Crippen LogP contribution < -0.4 is 34.1 Å². The maximum Gasteiger partial charge on any atom is 0.573 e. The highest BCUT2D eigenvalue weighted by molar-refractivity contribution is 7.22. The Hall–Kier alpha value is -7.68. The molecule has 2 saturated carbocycles. The molecule has 3 N–H and O–H groups in total. The molecule has 4 aromatic carbocycles. The summed E-state index contributed by atoms with van der Waals surface area (Å²) in [5.41, 5.74) is 4.61. The number of rotatable bonds is 21. The smallest absolute Gasteiger partial charge is 0.489 e. The number of aromatic carboxylic acids is 2. The minimum absolute atomic E-state index is 0.127. The summed E-state index contributed by atoms with van der Waals surface area (Å²) in [6, 6.07) is 20.1. The molecule has 494 valence electrons. The first-order valence-electron chi connectivity index (χ1n) is 31.8. The third-order valence-corrected chi connectivity index (χ3v) is 20.3. The average molecular weight is 1330 g/mol. The van der Waals surface area contributed by atoms with Gasteiger partial charge in [-0.1, -0.05) is 57.3 Å². The van der Waals surface area contributed by atoms with E-state index in [-0.39, 0.29) is 100 Å². The van der Waals surface area contributed by atoms with Gasteiger partial charge in [0.15, 0.2) is 10.3 Å². The molecule has 4 atom stereocenters. The first kappa shape index (κ1) is 64.0. The van der Waals surface area contributed by atoms with Gasteiger partial charge >= 0.3 is 24.7 Å². The number of halogens is 6. The summed E-state index contributed by atoms with van der Waals surface area (Å²) in [6.45, 7) is 12.8. The van der Waals surface area contributed by atoms with Crippen molar-refractivity contribution in [3.8, 4) is 45.5 Å². The number of carboxylic acid groups (broad SMARTS) is 2. The van der Waals surface area contributed by atoms with Gasteiger partial charge < -0.3 is 53.3 Å². The molecule has 2 aliphatic carbocycles. The van der Waals surface area contributed by atoms with Crippen LogP contribution in [0, 0.1) is 0 Å². The second-order valence-electron chi connectivity index (χ2n) is 26.0. The third-order valence-electron chi connectivity index (χ3n) is 18.3. The van der Waals surface area contributed by atoms with Gasteiger partial charge in [-0.25, -0.2) is 19.6 Å². The molecule has 8 heterocycles. The lowest BCUT2D eigenvalue weighted by Crippen LogP contribution is -2.52. The van der Waals surface area contributed by atoms with E-state index in [0.717, 1.165) is 119 Å². The number of carbonyl (C=O) groups is 2. The van der Waals surface area contributed by atoms with Gasteiger partial charge in [0.2, 0.25) is 0 Å². The molecule has 4 saturated heterocycles. The summed E-state index contributed by atoms with van der Waals surface area (Å²) < 4.78 is 113. The van der Waals surface area contributed by atoms with Crippen LogP contribution in [0.5, 0.6) is 23.0 Å². The van der Waals surface area contributed by atoms with Crippen LogP contribution in [0.25, 0.3) is 42.9 Å². The number of thiazole rings is 2. The number of nitrogens with one attached hydrogen (secondary N) is 1. The molecule has 8 aromatic rings. The number of ether oxygens (including phenoxy) is 4. The van der Waals surface area contributed by atoms with E-state index < -0.39 is 24.7 Å². The van der Waals surface area contributed by atoms with Crippen LogP contribution in [0.15, 0.2) is 81.8 Å². The van der Waals surface area contributed by atoms with Crippen molar-refractivity contribution in [3.05, 3.63) is 107 Å². The van der Waals surface area contributed by atoms with Gasteiger partial charge in [0.25, 0.3) is 0 Å². The summed E-state index contributed by atoms with van der Waals surface area (Å²) in [7, 11) is 0. The van der Waals surface area contributed by atoms with Crippen LogP contribution in [0.1, 0.15) is 174 Å². The Morgan fingerprint density at radius 1 is 0.602 bits per heavy atom. The number of hydrogen-bond acceptors (Lipinski definition) is 18. The van der Waals surface area contributed by atoms with E-state index in [4.69, 9.17) is 28.5 Å². The number of anilines is 2. The fraction of sp³-hybridized carbons (Fsp3) is 0.493. The maximum absolute atomic E-state index is 13.3. The fourth-order valence-corrected chi connectivity index (χ4v) is 16.5. The van der Waals surface area contributed by atoms with Gasteiger partial charge in [-0.15, -0.1) is 26.3 Å². The van der Waals surface area contributed by atoms with Gasteiger partial charge in [-0.2, -0.15) is 0 Å². The van der Waals surface area contributed by atoms with Crippen LogP contribution in [0.2, 0.25) is 0 Å². The van der Waals surface area contributed by atoms with E-state index in [2.05, 4.69) is 53.7 Å². The predicted molar refractivity (Wildman–Crippen MR) is 338 cm³/mol. The molecule has 0 radical (unpaired) electrons. The normalized spacial score (nSPS) is 21.4.